The standard InChI is InChI=1S/C14H26N2O5S3/c1-10(14(2)22-23-14)21-11(8-16(3)24(4,18)19)9-20-13(17)12-6-5-7-15-12/h10-12,15H,5-9H2,1-4H3/t10-,11-,12-/m0/s1. The zero-order valence-electron chi connectivity index (χ0n) is 14.5. The smallest absolute Gasteiger partial charge is 0.323 e. The Morgan fingerprint density at radius 2 is 2.12 bits per heavy atom. The van der Waals surface area contributed by atoms with E-state index in [9.17, 15) is 13.2 Å². The second-order valence-electron chi connectivity index (χ2n) is 6.41. The van der Waals surface area contributed by atoms with Crippen molar-refractivity contribution >= 4 is 37.6 Å². The summed E-state index contributed by atoms with van der Waals surface area (Å²) in [4.78, 5) is 12.0. The van der Waals surface area contributed by atoms with Crippen LogP contribution in [-0.2, 0) is 24.3 Å². The Bertz CT molecular complexity index is 547. The molecule has 0 aromatic carbocycles. The third-order valence-electron chi connectivity index (χ3n) is 4.26. The maximum atomic E-state index is 12.0. The van der Waals surface area contributed by atoms with Gasteiger partial charge in [0, 0.05) is 13.6 Å². The predicted octanol–water partition coefficient (Wildman–Crippen LogP) is 1.06. The fourth-order valence-corrected chi connectivity index (χ4v) is 4.49. The van der Waals surface area contributed by atoms with E-state index in [1.165, 1.54) is 11.4 Å². The van der Waals surface area contributed by atoms with Crippen LogP contribution in [0.25, 0.3) is 0 Å². The highest BCUT2D eigenvalue weighted by molar-refractivity contribution is 8.93. The lowest BCUT2D eigenvalue weighted by molar-refractivity contribution is -0.151. The molecule has 0 aromatic heterocycles. The zero-order chi connectivity index (χ0) is 18.0. The number of ether oxygens (including phenoxy) is 2. The number of carbonyl (C=O) groups excluding carboxylic acids is 1. The highest BCUT2D eigenvalue weighted by atomic mass is 33.2. The topological polar surface area (TPSA) is 84.9 Å². The Balaban J connectivity index is 1.91. The van der Waals surface area contributed by atoms with Gasteiger partial charge in [-0.05, 0) is 33.2 Å². The Morgan fingerprint density at radius 1 is 1.46 bits per heavy atom. The number of esters is 1. The van der Waals surface area contributed by atoms with Crippen molar-refractivity contribution in [3.63, 3.8) is 0 Å². The van der Waals surface area contributed by atoms with Gasteiger partial charge in [-0.25, -0.2) is 12.7 Å². The minimum Gasteiger partial charge on any atom is -0.462 e. The molecule has 2 heterocycles. The molecule has 24 heavy (non-hydrogen) atoms. The first-order valence-corrected chi connectivity index (χ1v) is 12.0. The number of sulfonamides is 1. The van der Waals surface area contributed by atoms with Crippen molar-refractivity contribution in [1.82, 2.24) is 9.62 Å². The van der Waals surface area contributed by atoms with Crippen molar-refractivity contribution in [1.29, 1.82) is 0 Å². The van der Waals surface area contributed by atoms with E-state index in [-0.39, 0.29) is 35.3 Å². The van der Waals surface area contributed by atoms with Crippen LogP contribution >= 0.6 is 21.6 Å². The van der Waals surface area contributed by atoms with Gasteiger partial charge in [-0.1, -0.05) is 21.6 Å². The summed E-state index contributed by atoms with van der Waals surface area (Å²) in [5, 5.41) is 3.09. The molecule has 2 aliphatic rings. The number of nitrogens with one attached hydrogen (secondary N) is 1. The molecule has 2 fully saturated rings. The molecule has 0 unspecified atom stereocenters. The molecule has 10 heteroatoms. The average Bonchev–Trinajstić information content (AvgIpc) is 3.03. The SMILES string of the molecule is C[C@H](O[C@H](COC(=O)[C@@H]1CCCN1)CN(C)S(C)(=O)=O)C1(C)SS1. The number of hydrogen-bond donors (Lipinski definition) is 1. The van der Waals surface area contributed by atoms with Gasteiger partial charge in [-0.2, -0.15) is 0 Å². The van der Waals surface area contributed by atoms with E-state index >= 15 is 0 Å². The van der Waals surface area contributed by atoms with Gasteiger partial charge in [0.25, 0.3) is 0 Å². The Hall–Kier alpha value is -0.000000000000000222. The fraction of sp³-hybridized carbons (Fsp3) is 0.929. The van der Waals surface area contributed by atoms with Gasteiger partial charge in [0.1, 0.15) is 22.8 Å². The lowest BCUT2D eigenvalue weighted by Gasteiger charge is -2.27. The lowest BCUT2D eigenvalue weighted by Crippen LogP contribution is -2.42. The molecule has 0 aromatic rings. The molecule has 140 valence electrons. The van der Waals surface area contributed by atoms with E-state index in [0.717, 1.165) is 25.6 Å². The minimum atomic E-state index is -3.32. The molecule has 0 amide bonds. The van der Waals surface area contributed by atoms with Crippen LogP contribution in [0.5, 0.6) is 0 Å². The van der Waals surface area contributed by atoms with Gasteiger partial charge in [-0.15, -0.1) is 0 Å². The maximum Gasteiger partial charge on any atom is 0.323 e. The highest BCUT2D eigenvalue weighted by Crippen LogP contribution is 2.66. The van der Waals surface area contributed by atoms with Gasteiger partial charge in [0.2, 0.25) is 10.0 Å². The molecule has 2 aliphatic heterocycles. The van der Waals surface area contributed by atoms with Crippen molar-refractivity contribution in [2.45, 2.75) is 49.0 Å². The zero-order valence-corrected chi connectivity index (χ0v) is 16.9. The van der Waals surface area contributed by atoms with Crippen molar-refractivity contribution in [3.05, 3.63) is 0 Å². The number of likely N-dealkylation sites (N-methyl/N-ethyl adjacent to an activating group) is 1. The first kappa shape index (κ1) is 20.3. The summed E-state index contributed by atoms with van der Waals surface area (Å²) in [7, 11) is 1.65. The predicted molar refractivity (Wildman–Crippen MR) is 97.4 cm³/mol. The molecule has 0 spiro atoms. The maximum absolute atomic E-state index is 12.0. The van der Waals surface area contributed by atoms with Crippen LogP contribution in [0.1, 0.15) is 26.7 Å². The van der Waals surface area contributed by atoms with Crippen molar-refractivity contribution in [2.75, 3.05) is 33.0 Å². The van der Waals surface area contributed by atoms with Crippen LogP contribution in [0.15, 0.2) is 0 Å². The van der Waals surface area contributed by atoms with Gasteiger partial charge in [0.05, 0.1) is 12.4 Å². The normalized spacial score (nSPS) is 25.5. The summed E-state index contributed by atoms with van der Waals surface area (Å²) >= 11 is 0. The summed E-state index contributed by atoms with van der Waals surface area (Å²) in [6.45, 7) is 5.06. The number of rotatable bonds is 9. The molecule has 0 radical (unpaired) electrons. The Morgan fingerprint density at radius 3 is 2.62 bits per heavy atom. The van der Waals surface area contributed by atoms with Crippen LogP contribution in [0.4, 0.5) is 0 Å². The molecule has 1 N–H and O–H groups in total. The van der Waals surface area contributed by atoms with Gasteiger partial charge < -0.3 is 14.8 Å². The number of hydrogen-bond acceptors (Lipinski definition) is 8. The first-order valence-electron chi connectivity index (χ1n) is 7.95. The van der Waals surface area contributed by atoms with Gasteiger partial charge in [-0.3, -0.25) is 4.79 Å². The Kier molecular flexibility index (Phi) is 6.88. The molecular weight excluding hydrogens is 372 g/mol. The third-order valence-corrected chi connectivity index (χ3v) is 8.98. The molecule has 0 saturated carbocycles. The van der Waals surface area contributed by atoms with E-state index in [1.807, 2.05) is 6.92 Å². The lowest BCUT2D eigenvalue weighted by atomic mass is 10.2. The third kappa shape index (κ3) is 5.77. The van der Waals surface area contributed by atoms with E-state index < -0.39 is 16.1 Å². The molecule has 3 atom stereocenters. The quantitative estimate of drug-likeness (QED) is 0.351. The van der Waals surface area contributed by atoms with E-state index in [1.54, 1.807) is 21.6 Å². The van der Waals surface area contributed by atoms with Crippen molar-refractivity contribution in [3.8, 4) is 0 Å². The van der Waals surface area contributed by atoms with Gasteiger partial charge in [0.15, 0.2) is 0 Å². The molecule has 2 rings (SSSR count). The molecular formula is C14H26N2O5S3. The van der Waals surface area contributed by atoms with Crippen LogP contribution in [0.2, 0.25) is 0 Å². The summed E-state index contributed by atoms with van der Waals surface area (Å²) in [6, 6.07) is -0.261. The summed E-state index contributed by atoms with van der Waals surface area (Å²) < 4.78 is 35.9. The van der Waals surface area contributed by atoms with Crippen LogP contribution < -0.4 is 5.32 Å². The first-order chi connectivity index (χ1) is 11.1. The van der Waals surface area contributed by atoms with Crippen LogP contribution in [-0.4, -0.2) is 74.0 Å². The second kappa shape index (κ2) is 8.13. The van der Waals surface area contributed by atoms with Gasteiger partial charge >= 0.3 is 5.97 Å². The highest BCUT2D eigenvalue weighted by Gasteiger charge is 2.47. The van der Waals surface area contributed by atoms with E-state index in [2.05, 4.69) is 12.2 Å². The molecule has 0 aliphatic carbocycles. The monoisotopic (exact) mass is 398 g/mol. The molecule has 0 bridgehead atoms. The number of nitrogens with zero attached hydrogens (tertiary/aromatic N) is 1. The summed E-state index contributed by atoms with van der Waals surface area (Å²) in [5.74, 6) is -0.294. The van der Waals surface area contributed by atoms with Crippen molar-refractivity contribution in [2.24, 2.45) is 0 Å². The minimum absolute atomic E-state index is 0.0150. The largest absolute Gasteiger partial charge is 0.462 e. The average molecular weight is 399 g/mol. The van der Waals surface area contributed by atoms with E-state index in [4.69, 9.17) is 9.47 Å². The van der Waals surface area contributed by atoms with Crippen LogP contribution in [0.3, 0.4) is 0 Å². The van der Waals surface area contributed by atoms with Crippen molar-refractivity contribution < 1.29 is 22.7 Å². The summed E-state index contributed by atoms with van der Waals surface area (Å²) in [6.07, 6.45) is 2.31. The second-order valence-corrected chi connectivity index (χ2v) is 11.8. The Labute approximate surface area is 152 Å². The summed E-state index contributed by atoms with van der Waals surface area (Å²) in [5.41, 5.74) is 0. The number of carbonyl (C=O) groups is 1. The van der Waals surface area contributed by atoms with E-state index in [0.29, 0.717) is 0 Å². The molecule has 2 saturated heterocycles. The molecule has 7 nitrogen and oxygen atoms in total. The fourth-order valence-electron chi connectivity index (χ4n) is 2.33. The van der Waals surface area contributed by atoms with Crippen LogP contribution in [0, 0.1) is 0 Å².